The van der Waals surface area contributed by atoms with Crippen molar-refractivity contribution in [3.05, 3.63) is 0 Å². The van der Waals surface area contributed by atoms with Crippen molar-refractivity contribution in [2.45, 2.75) is 95.3 Å². The van der Waals surface area contributed by atoms with Crippen LogP contribution in [0.15, 0.2) is 0 Å². The number of ether oxygens (including phenoxy) is 1. The number of nitrogens with one attached hydrogen (secondary N) is 1. The van der Waals surface area contributed by atoms with Gasteiger partial charge in [-0.1, -0.05) is 26.2 Å². The smallest absolute Gasteiger partial charge is 0.0810 e. The van der Waals surface area contributed by atoms with E-state index in [4.69, 9.17) is 4.74 Å². The molecule has 0 bridgehead atoms. The zero-order valence-electron chi connectivity index (χ0n) is 12.6. The molecule has 0 radical (unpaired) electrons. The van der Waals surface area contributed by atoms with E-state index in [0.717, 1.165) is 18.5 Å². The summed E-state index contributed by atoms with van der Waals surface area (Å²) in [5.41, 5.74) is 0.187. The first-order valence-electron chi connectivity index (χ1n) is 8.67. The Kier molecular flexibility index (Phi) is 4.48. The summed E-state index contributed by atoms with van der Waals surface area (Å²) < 4.78 is 6.68. The SMILES string of the molecule is CC1CCC(OC2(CNC3CC3)CCCCC2)CC1. The highest BCUT2D eigenvalue weighted by Gasteiger charge is 2.37. The molecular weight excluding hydrogens is 234 g/mol. The fourth-order valence-corrected chi connectivity index (χ4v) is 3.85. The Labute approximate surface area is 118 Å². The highest BCUT2D eigenvalue weighted by Crippen LogP contribution is 2.36. The first-order valence-corrected chi connectivity index (χ1v) is 8.67. The molecule has 0 heterocycles. The van der Waals surface area contributed by atoms with Crippen LogP contribution in [0.5, 0.6) is 0 Å². The van der Waals surface area contributed by atoms with Gasteiger partial charge < -0.3 is 10.1 Å². The Morgan fingerprint density at radius 1 is 0.947 bits per heavy atom. The monoisotopic (exact) mass is 265 g/mol. The summed E-state index contributed by atoms with van der Waals surface area (Å²) in [5, 5.41) is 3.74. The minimum atomic E-state index is 0.187. The lowest BCUT2D eigenvalue weighted by Crippen LogP contribution is -2.48. The van der Waals surface area contributed by atoms with Gasteiger partial charge in [-0.3, -0.25) is 0 Å². The van der Waals surface area contributed by atoms with Gasteiger partial charge in [-0.25, -0.2) is 0 Å². The van der Waals surface area contributed by atoms with Crippen molar-refractivity contribution in [2.24, 2.45) is 5.92 Å². The van der Waals surface area contributed by atoms with E-state index in [-0.39, 0.29) is 5.60 Å². The van der Waals surface area contributed by atoms with Gasteiger partial charge >= 0.3 is 0 Å². The minimum Gasteiger partial charge on any atom is -0.370 e. The van der Waals surface area contributed by atoms with Gasteiger partial charge in [0.1, 0.15) is 0 Å². The summed E-state index contributed by atoms with van der Waals surface area (Å²) >= 11 is 0. The van der Waals surface area contributed by atoms with Crippen molar-refractivity contribution < 1.29 is 4.74 Å². The van der Waals surface area contributed by atoms with Gasteiger partial charge in [0.2, 0.25) is 0 Å². The largest absolute Gasteiger partial charge is 0.370 e. The van der Waals surface area contributed by atoms with Crippen molar-refractivity contribution in [2.75, 3.05) is 6.54 Å². The van der Waals surface area contributed by atoms with Crippen molar-refractivity contribution in [3.8, 4) is 0 Å². The third-order valence-corrected chi connectivity index (χ3v) is 5.43. The summed E-state index contributed by atoms with van der Waals surface area (Å²) in [4.78, 5) is 0. The van der Waals surface area contributed by atoms with E-state index >= 15 is 0 Å². The molecule has 0 atom stereocenters. The van der Waals surface area contributed by atoms with Crippen LogP contribution in [-0.4, -0.2) is 24.3 Å². The molecule has 3 aliphatic carbocycles. The van der Waals surface area contributed by atoms with Gasteiger partial charge in [-0.2, -0.15) is 0 Å². The molecule has 3 saturated carbocycles. The van der Waals surface area contributed by atoms with Gasteiger partial charge in [0, 0.05) is 12.6 Å². The molecular formula is C17H31NO. The molecule has 0 aliphatic heterocycles. The summed E-state index contributed by atoms with van der Waals surface area (Å²) in [6.45, 7) is 3.50. The molecule has 3 aliphatic rings. The first-order chi connectivity index (χ1) is 9.26. The van der Waals surface area contributed by atoms with Gasteiger partial charge in [-0.15, -0.1) is 0 Å². The zero-order valence-corrected chi connectivity index (χ0v) is 12.6. The Morgan fingerprint density at radius 3 is 2.26 bits per heavy atom. The molecule has 110 valence electrons. The van der Waals surface area contributed by atoms with Crippen LogP contribution in [0.2, 0.25) is 0 Å². The van der Waals surface area contributed by atoms with E-state index in [2.05, 4.69) is 12.2 Å². The van der Waals surface area contributed by atoms with E-state index < -0.39 is 0 Å². The van der Waals surface area contributed by atoms with Gasteiger partial charge in [-0.05, 0) is 57.3 Å². The maximum atomic E-state index is 6.68. The van der Waals surface area contributed by atoms with Crippen molar-refractivity contribution in [3.63, 3.8) is 0 Å². The Hall–Kier alpha value is -0.0800. The molecule has 2 nitrogen and oxygen atoms in total. The normalized spacial score (nSPS) is 35.2. The molecule has 3 fully saturated rings. The standard InChI is InChI=1S/C17H31NO/c1-14-5-9-16(10-6-14)19-17(11-3-2-4-12-17)13-18-15-7-8-15/h14-16,18H,2-13H2,1H3. The second-order valence-electron chi connectivity index (χ2n) is 7.40. The predicted octanol–water partition coefficient (Wildman–Crippen LogP) is 4.04. The van der Waals surface area contributed by atoms with Gasteiger partial charge in [0.25, 0.3) is 0 Å². The van der Waals surface area contributed by atoms with E-state index in [1.165, 1.54) is 70.6 Å². The minimum absolute atomic E-state index is 0.187. The molecule has 1 N–H and O–H groups in total. The summed E-state index contributed by atoms with van der Waals surface area (Å²) in [6.07, 6.45) is 15.4. The molecule has 0 unspecified atom stereocenters. The van der Waals surface area contributed by atoms with Crippen LogP contribution in [0.4, 0.5) is 0 Å². The van der Waals surface area contributed by atoms with E-state index in [0.29, 0.717) is 6.10 Å². The fourth-order valence-electron chi connectivity index (χ4n) is 3.85. The lowest BCUT2D eigenvalue weighted by molar-refractivity contribution is -0.124. The lowest BCUT2D eigenvalue weighted by Gasteiger charge is -2.42. The summed E-state index contributed by atoms with van der Waals surface area (Å²) in [6, 6.07) is 0.814. The quantitative estimate of drug-likeness (QED) is 0.810. The Bertz CT molecular complexity index is 273. The van der Waals surface area contributed by atoms with Crippen LogP contribution >= 0.6 is 0 Å². The molecule has 2 heteroatoms. The van der Waals surface area contributed by atoms with Crippen LogP contribution in [0, 0.1) is 5.92 Å². The molecule has 0 aromatic carbocycles. The molecule has 0 aromatic rings. The molecule has 19 heavy (non-hydrogen) atoms. The van der Waals surface area contributed by atoms with E-state index in [1.54, 1.807) is 0 Å². The van der Waals surface area contributed by atoms with Crippen molar-refractivity contribution in [1.82, 2.24) is 5.32 Å². The van der Waals surface area contributed by atoms with E-state index in [9.17, 15) is 0 Å². The second kappa shape index (κ2) is 6.13. The van der Waals surface area contributed by atoms with Crippen LogP contribution in [-0.2, 0) is 4.74 Å². The topological polar surface area (TPSA) is 21.3 Å². The Balaban J connectivity index is 1.54. The predicted molar refractivity (Wildman–Crippen MR) is 79.3 cm³/mol. The maximum absolute atomic E-state index is 6.68. The average Bonchev–Trinajstić information content (AvgIpc) is 3.25. The molecule has 0 spiro atoms. The van der Waals surface area contributed by atoms with Crippen LogP contribution in [0.3, 0.4) is 0 Å². The molecule has 0 saturated heterocycles. The fraction of sp³-hybridized carbons (Fsp3) is 1.00. The Morgan fingerprint density at radius 2 is 1.63 bits per heavy atom. The number of rotatable bonds is 5. The third-order valence-electron chi connectivity index (χ3n) is 5.43. The van der Waals surface area contributed by atoms with Gasteiger partial charge in [0.05, 0.1) is 11.7 Å². The molecule has 3 rings (SSSR count). The summed E-state index contributed by atoms with van der Waals surface area (Å²) in [7, 11) is 0. The lowest BCUT2D eigenvalue weighted by atomic mass is 9.83. The number of hydrogen-bond acceptors (Lipinski definition) is 2. The van der Waals surface area contributed by atoms with Crippen LogP contribution < -0.4 is 5.32 Å². The molecule has 0 amide bonds. The first kappa shape index (κ1) is 13.9. The van der Waals surface area contributed by atoms with E-state index in [1.807, 2.05) is 0 Å². The highest BCUT2D eigenvalue weighted by atomic mass is 16.5. The maximum Gasteiger partial charge on any atom is 0.0810 e. The van der Waals surface area contributed by atoms with Crippen LogP contribution in [0.25, 0.3) is 0 Å². The average molecular weight is 265 g/mol. The zero-order chi connectivity index (χ0) is 13.1. The molecule has 0 aromatic heterocycles. The van der Waals surface area contributed by atoms with Crippen molar-refractivity contribution in [1.29, 1.82) is 0 Å². The van der Waals surface area contributed by atoms with Gasteiger partial charge in [0.15, 0.2) is 0 Å². The van der Waals surface area contributed by atoms with Crippen molar-refractivity contribution >= 4 is 0 Å². The second-order valence-corrected chi connectivity index (χ2v) is 7.40. The summed E-state index contributed by atoms with van der Waals surface area (Å²) in [5.74, 6) is 0.923. The van der Waals surface area contributed by atoms with Crippen LogP contribution in [0.1, 0.15) is 77.6 Å². The third kappa shape index (κ3) is 3.95. The number of hydrogen-bond donors (Lipinski definition) is 1. The highest BCUT2D eigenvalue weighted by molar-refractivity contribution is 4.92.